The van der Waals surface area contributed by atoms with Crippen LogP contribution in [0.15, 0.2) is 48.7 Å². The van der Waals surface area contributed by atoms with E-state index >= 15 is 0 Å². The fourth-order valence-corrected chi connectivity index (χ4v) is 2.28. The Kier molecular flexibility index (Phi) is 3.89. The zero-order chi connectivity index (χ0) is 16.4. The molecule has 116 valence electrons. The van der Waals surface area contributed by atoms with Gasteiger partial charge in [-0.1, -0.05) is 24.3 Å². The highest BCUT2D eigenvalue weighted by Crippen LogP contribution is 2.19. The van der Waals surface area contributed by atoms with Crippen molar-refractivity contribution in [3.8, 4) is 0 Å². The van der Waals surface area contributed by atoms with Crippen molar-refractivity contribution in [3.63, 3.8) is 0 Å². The number of hydrogen-bond donors (Lipinski definition) is 1. The molecule has 0 fully saturated rings. The van der Waals surface area contributed by atoms with Gasteiger partial charge >= 0.3 is 6.03 Å². The molecule has 4 nitrogen and oxygen atoms in total. The number of nitrogens with one attached hydrogen (secondary N) is 1. The van der Waals surface area contributed by atoms with Crippen molar-refractivity contribution in [2.45, 2.75) is 0 Å². The molecule has 1 heterocycles. The molecule has 0 aliphatic carbocycles. The van der Waals surface area contributed by atoms with Crippen molar-refractivity contribution in [2.75, 3.05) is 11.9 Å². The van der Waals surface area contributed by atoms with Crippen LogP contribution in [-0.4, -0.2) is 23.3 Å². The maximum atomic E-state index is 13.6. The summed E-state index contributed by atoms with van der Waals surface area (Å²) >= 11 is 0. The second-order valence-corrected chi connectivity index (χ2v) is 5.01. The first-order valence-corrected chi connectivity index (χ1v) is 6.88. The van der Waals surface area contributed by atoms with E-state index in [1.807, 2.05) is 0 Å². The van der Waals surface area contributed by atoms with Crippen molar-refractivity contribution >= 4 is 23.6 Å². The average molecular weight is 314 g/mol. The van der Waals surface area contributed by atoms with E-state index in [-0.39, 0.29) is 18.0 Å². The highest BCUT2D eigenvalue weighted by Gasteiger charge is 2.21. The largest absolute Gasteiger partial charge is 0.326 e. The van der Waals surface area contributed by atoms with Crippen molar-refractivity contribution in [1.82, 2.24) is 4.90 Å². The third-order valence-electron chi connectivity index (χ3n) is 3.44. The molecule has 0 saturated carbocycles. The summed E-state index contributed by atoms with van der Waals surface area (Å²) in [6, 6.07) is 9.16. The van der Waals surface area contributed by atoms with Crippen LogP contribution in [0.1, 0.15) is 15.9 Å². The summed E-state index contributed by atoms with van der Waals surface area (Å²) < 4.78 is 26.5. The third-order valence-corrected chi connectivity index (χ3v) is 3.44. The van der Waals surface area contributed by atoms with Crippen LogP contribution >= 0.6 is 0 Å². The monoisotopic (exact) mass is 314 g/mol. The second kappa shape index (κ2) is 6.00. The SMILES string of the molecule is O=C1CN(C(=O)Nc2ccc(F)cc2F)C=Cc2ccccc21. The number of urea groups is 1. The first-order valence-electron chi connectivity index (χ1n) is 6.88. The van der Waals surface area contributed by atoms with E-state index in [1.165, 1.54) is 6.20 Å². The molecule has 1 aliphatic heterocycles. The molecular formula is C17H12F2N2O2. The van der Waals surface area contributed by atoms with Crippen LogP contribution in [0.4, 0.5) is 19.3 Å². The number of Topliss-reactive ketones (excluding diaryl/α,β-unsaturated/α-hetero) is 1. The van der Waals surface area contributed by atoms with Gasteiger partial charge in [-0.05, 0) is 23.8 Å². The molecule has 0 atom stereocenters. The van der Waals surface area contributed by atoms with Crippen LogP contribution in [0.3, 0.4) is 0 Å². The van der Waals surface area contributed by atoms with Crippen LogP contribution < -0.4 is 5.32 Å². The van der Waals surface area contributed by atoms with Crippen LogP contribution in [-0.2, 0) is 0 Å². The van der Waals surface area contributed by atoms with Gasteiger partial charge in [0.05, 0.1) is 12.2 Å². The lowest BCUT2D eigenvalue weighted by Gasteiger charge is -2.17. The van der Waals surface area contributed by atoms with Crippen molar-refractivity contribution in [2.24, 2.45) is 0 Å². The molecule has 0 spiro atoms. The number of carbonyl (C=O) groups is 2. The Bertz CT molecular complexity index is 818. The number of fused-ring (bicyclic) bond motifs is 1. The first kappa shape index (κ1) is 14.9. The maximum Gasteiger partial charge on any atom is 0.326 e. The summed E-state index contributed by atoms with van der Waals surface area (Å²) in [6.07, 6.45) is 3.10. The predicted molar refractivity (Wildman–Crippen MR) is 81.9 cm³/mol. The number of ketones is 1. The van der Waals surface area contributed by atoms with Crippen LogP contribution in [0, 0.1) is 11.6 Å². The number of halogens is 2. The van der Waals surface area contributed by atoms with Gasteiger partial charge in [0.2, 0.25) is 0 Å². The second-order valence-electron chi connectivity index (χ2n) is 5.01. The number of nitrogens with zero attached hydrogens (tertiary/aromatic N) is 1. The van der Waals surface area contributed by atoms with Crippen molar-refractivity contribution < 1.29 is 18.4 Å². The fraction of sp³-hybridized carbons (Fsp3) is 0.0588. The highest BCUT2D eigenvalue weighted by molar-refractivity contribution is 6.04. The van der Waals surface area contributed by atoms with Gasteiger partial charge in [-0.25, -0.2) is 13.6 Å². The number of anilines is 1. The Morgan fingerprint density at radius 3 is 2.70 bits per heavy atom. The average Bonchev–Trinajstić information content (AvgIpc) is 2.70. The topological polar surface area (TPSA) is 49.4 Å². The zero-order valence-corrected chi connectivity index (χ0v) is 11.9. The Morgan fingerprint density at radius 2 is 1.91 bits per heavy atom. The molecule has 0 bridgehead atoms. The molecule has 0 radical (unpaired) electrons. The number of carbonyl (C=O) groups excluding carboxylic acids is 2. The van der Waals surface area contributed by atoms with Crippen molar-refractivity contribution in [3.05, 3.63) is 71.4 Å². The van der Waals surface area contributed by atoms with Gasteiger partial charge in [0.15, 0.2) is 5.78 Å². The van der Waals surface area contributed by atoms with Gasteiger partial charge in [0, 0.05) is 17.8 Å². The predicted octanol–water partition coefficient (Wildman–Crippen LogP) is 3.67. The summed E-state index contributed by atoms with van der Waals surface area (Å²) in [4.78, 5) is 25.5. The van der Waals surface area contributed by atoms with Gasteiger partial charge in [-0.2, -0.15) is 0 Å². The lowest BCUT2D eigenvalue weighted by atomic mass is 10.0. The van der Waals surface area contributed by atoms with E-state index in [0.717, 1.165) is 17.0 Å². The van der Waals surface area contributed by atoms with Gasteiger partial charge in [-0.3, -0.25) is 9.69 Å². The summed E-state index contributed by atoms with van der Waals surface area (Å²) in [7, 11) is 0. The zero-order valence-electron chi connectivity index (χ0n) is 11.9. The number of benzene rings is 2. The summed E-state index contributed by atoms with van der Waals surface area (Å²) in [5, 5.41) is 2.32. The highest BCUT2D eigenvalue weighted by atomic mass is 19.1. The summed E-state index contributed by atoms with van der Waals surface area (Å²) in [6.45, 7) is -0.165. The standard InChI is InChI=1S/C17H12F2N2O2/c18-12-5-6-15(14(19)9-12)20-17(23)21-8-7-11-3-1-2-4-13(11)16(22)10-21/h1-9H,10H2,(H,20,23). The van der Waals surface area contributed by atoms with Gasteiger partial charge in [-0.15, -0.1) is 0 Å². The van der Waals surface area contributed by atoms with Crippen LogP contribution in [0.5, 0.6) is 0 Å². The number of hydrogen-bond acceptors (Lipinski definition) is 2. The van der Waals surface area contributed by atoms with E-state index in [4.69, 9.17) is 0 Å². The van der Waals surface area contributed by atoms with Gasteiger partial charge in [0.1, 0.15) is 11.6 Å². The Hall–Kier alpha value is -3.02. The Labute approximate surface area is 131 Å². The van der Waals surface area contributed by atoms with E-state index < -0.39 is 17.7 Å². The lowest BCUT2D eigenvalue weighted by molar-refractivity contribution is 0.0966. The van der Waals surface area contributed by atoms with E-state index in [0.29, 0.717) is 17.2 Å². The van der Waals surface area contributed by atoms with E-state index in [2.05, 4.69) is 5.32 Å². The molecule has 2 aromatic carbocycles. The van der Waals surface area contributed by atoms with Crippen molar-refractivity contribution in [1.29, 1.82) is 0 Å². The minimum atomic E-state index is -0.883. The molecule has 0 unspecified atom stereocenters. The third kappa shape index (κ3) is 3.11. The Balaban J connectivity index is 1.80. The Morgan fingerprint density at radius 1 is 1.13 bits per heavy atom. The minimum absolute atomic E-state index is 0.154. The van der Waals surface area contributed by atoms with E-state index in [1.54, 1.807) is 30.3 Å². The molecule has 23 heavy (non-hydrogen) atoms. The lowest BCUT2D eigenvalue weighted by Crippen LogP contribution is -2.34. The fourth-order valence-electron chi connectivity index (χ4n) is 2.28. The number of amides is 2. The van der Waals surface area contributed by atoms with Crippen LogP contribution in [0.25, 0.3) is 6.08 Å². The van der Waals surface area contributed by atoms with Crippen LogP contribution in [0.2, 0.25) is 0 Å². The molecule has 2 amide bonds. The smallest absolute Gasteiger partial charge is 0.305 e. The quantitative estimate of drug-likeness (QED) is 0.873. The minimum Gasteiger partial charge on any atom is -0.305 e. The normalized spacial score (nSPS) is 13.5. The molecule has 0 aromatic heterocycles. The van der Waals surface area contributed by atoms with E-state index in [9.17, 15) is 18.4 Å². The molecule has 0 saturated heterocycles. The molecule has 1 aliphatic rings. The molecule has 2 aromatic rings. The summed E-state index contributed by atoms with van der Waals surface area (Å²) in [5.41, 5.74) is 1.08. The molecule has 3 rings (SSSR count). The maximum absolute atomic E-state index is 13.6. The van der Waals surface area contributed by atoms with Gasteiger partial charge in [0.25, 0.3) is 0 Å². The molecular weight excluding hydrogens is 302 g/mol. The first-order chi connectivity index (χ1) is 11.0. The van der Waals surface area contributed by atoms with Gasteiger partial charge < -0.3 is 5.32 Å². The summed E-state index contributed by atoms with van der Waals surface area (Å²) in [5.74, 6) is -1.84. The molecule has 1 N–H and O–H groups in total. The molecule has 6 heteroatoms. The number of rotatable bonds is 1.